The highest BCUT2D eigenvalue weighted by Gasteiger charge is 2.10. The maximum Gasteiger partial charge on any atom is 0.251 e. The first-order chi connectivity index (χ1) is 10.6. The van der Waals surface area contributed by atoms with Gasteiger partial charge in [-0.15, -0.1) is 0 Å². The van der Waals surface area contributed by atoms with Crippen LogP contribution in [0.1, 0.15) is 36.2 Å². The van der Waals surface area contributed by atoms with Crippen LogP contribution >= 0.6 is 0 Å². The van der Waals surface area contributed by atoms with E-state index in [0.29, 0.717) is 5.92 Å². The van der Waals surface area contributed by atoms with Gasteiger partial charge in [-0.2, -0.15) is 0 Å². The minimum absolute atomic E-state index is 0.0260. The van der Waals surface area contributed by atoms with Gasteiger partial charge in [0.1, 0.15) is 0 Å². The van der Waals surface area contributed by atoms with Crippen molar-refractivity contribution in [1.82, 2.24) is 10.2 Å². The van der Waals surface area contributed by atoms with Crippen molar-refractivity contribution in [3.8, 4) is 0 Å². The Morgan fingerprint density at radius 1 is 1.23 bits per heavy atom. The third kappa shape index (κ3) is 5.78. The quantitative estimate of drug-likeness (QED) is 0.786. The largest absolute Gasteiger partial charge is 0.379 e. The summed E-state index contributed by atoms with van der Waals surface area (Å²) >= 11 is 0. The van der Waals surface area contributed by atoms with Gasteiger partial charge in [-0.25, -0.2) is 0 Å². The standard InChI is InChI=1S/C18H28N2O2/c1-15(2)14-16-4-6-17(7-5-16)18(21)19-8-3-9-20-10-12-22-13-11-20/h4-7,15H,3,8-14H2,1-2H3,(H,19,21). The maximum atomic E-state index is 12.1. The normalized spacial score (nSPS) is 16.0. The van der Waals surface area contributed by atoms with Gasteiger partial charge in [0, 0.05) is 25.2 Å². The van der Waals surface area contributed by atoms with Gasteiger partial charge >= 0.3 is 0 Å². The second-order valence-corrected chi connectivity index (χ2v) is 6.36. The van der Waals surface area contributed by atoms with E-state index in [1.807, 2.05) is 12.1 Å². The molecule has 122 valence electrons. The summed E-state index contributed by atoms with van der Waals surface area (Å²) in [5.41, 5.74) is 2.04. The van der Waals surface area contributed by atoms with E-state index < -0.39 is 0 Å². The van der Waals surface area contributed by atoms with E-state index in [0.717, 1.165) is 57.8 Å². The highest BCUT2D eigenvalue weighted by atomic mass is 16.5. The highest BCUT2D eigenvalue weighted by molar-refractivity contribution is 5.94. The predicted molar refractivity (Wildman–Crippen MR) is 89.2 cm³/mol. The summed E-state index contributed by atoms with van der Waals surface area (Å²) in [6.45, 7) is 9.83. The van der Waals surface area contributed by atoms with Crippen molar-refractivity contribution >= 4 is 5.91 Å². The molecule has 0 aromatic heterocycles. The first-order valence-electron chi connectivity index (χ1n) is 8.32. The fourth-order valence-corrected chi connectivity index (χ4v) is 2.70. The molecular weight excluding hydrogens is 276 g/mol. The van der Waals surface area contributed by atoms with Gasteiger partial charge in [-0.1, -0.05) is 26.0 Å². The van der Waals surface area contributed by atoms with Crippen molar-refractivity contribution in [3.05, 3.63) is 35.4 Å². The third-order valence-corrected chi connectivity index (χ3v) is 3.90. The van der Waals surface area contributed by atoms with Crippen molar-refractivity contribution in [3.63, 3.8) is 0 Å². The smallest absolute Gasteiger partial charge is 0.251 e. The number of hydrogen-bond donors (Lipinski definition) is 1. The number of benzene rings is 1. The second-order valence-electron chi connectivity index (χ2n) is 6.36. The molecule has 1 aromatic carbocycles. The molecule has 0 bridgehead atoms. The molecule has 0 saturated carbocycles. The van der Waals surface area contributed by atoms with Gasteiger partial charge in [0.2, 0.25) is 0 Å². The fraction of sp³-hybridized carbons (Fsp3) is 0.611. The van der Waals surface area contributed by atoms with Gasteiger partial charge < -0.3 is 10.1 Å². The minimum Gasteiger partial charge on any atom is -0.379 e. The number of nitrogens with zero attached hydrogens (tertiary/aromatic N) is 1. The average Bonchev–Trinajstić information content (AvgIpc) is 2.52. The summed E-state index contributed by atoms with van der Waals surface area (Å²) in [5, 5.41) is 3.00. The van der Waals surface area contributed by atoms with Gasteiger partial charge in [0.05, 0.1) is 13.2 Å². The Bertz CT molecular complexity index is 451. The molecular formula is C18H28N2O2. The van der Waals surface area contributed by atoms with E-state index in [4.69, 9.17) is 4.74 Å². The van der Waals surface area contributed by atoms with E-state index >= 15 is 0 Å². The molecule has 0 unspecified atom stereocenters. The lowest BCUT2D eigenvalue weighted by atomic mass is 10.0. The number of carbonyl (C=O) groups is 1. The molecule has 2 rings (SSSR count). The van der Waals surface area contributed by atoms with Crippen LogP contribution in [0.5, 0.6) is 0 Å². The zero-order valence-electron chi connectivity index (χ0n) is 13.8. The Morgan fingerprint density at radius 2 is 1.91 bits per heavy atom. The number of morpholine rings is 1. The number of nitrogens with one attached hydrogen (secondary N) is 1. The van der Waals surface area contributed by atoms with E-state index in [1.165, 1.54) is 5.56 Å². The lowest BCUT2D eigenvalue weighted by molar-refractivity contribution is 0.0374. The number of hydrogen-bond acceptors (Lipinski definition) is 3. The molecule has 1 aliphatic rings. The Morgan fingerprint density at radius 3 is 2.55 bits per heavy atom. The van der Waals surface area contributed by atoms with Crippen LogP contribution in [0.3, 0.4) is 0 Å². The van der Waals surface area contributed by atoms with Crippen molar-refractivity contribution in [2.75, 3.05) is 39.4 Å². The molecule has 0 radical (unpaired) electrons. The molecule has 1 aromatic rings. The third-order valence-electron chi connectivity index (χ3n) is 3.90. The summed E-state index contributed by atoms with van der Waals surface area (Å²) in [4.78, 5) is 14.5. The van der Waals surface area contributed by atoms with E-state index in [2.05, 4.69) is 36.2 Å². The zero-order valence-corrected chi connectivity index (χ0v) is 13.8. The minimum atomic E-state index is 0.0260. The van der Waals surface area contributed by atoms with Gasteiger partial charge in [-0.3, -0.25) is 9.69 Å². The molecule has 1 aliphatic heterocycles. The monoisotopic (exact) mass is 304 g/mol. The van der Waals surface area contributed by atoms with Crippen LogP contribution in [-0.4, -0.2) is 50.2 Å². The lowest BCUT2D eigenvalue weighted by Crippen LogP contribution is -2.38. The van der Waals surface area contributed by atoms with E-state index in [1.54, 1.807) is 0 Å². The summed E-state index contributed by atoms with van der Waals surface area (Å²) < 4.78 is 5.32. The van der Waals surface area contributed by atoms with Crippen LogP contribution in [0.2, 0.25) is 0 Å². The summed E-state index contributed by atoms with van der Waals surface area (Å²) in [6.07, 6.45) is 2.04. The van der Waals surface area contributed by atoms with Crippen LogP contribution in [0.15, 0.2) is 24.3 Å². The Balaban J connectivity index is 1.68. The van der Waals surface area contributed by atoms with Crippen LogP contribution in [0.4, 0.5) is 0 Å². The fourth-order valence-electron chi connectivity index (χ4n) is 2.70. The summed E-state index contributed by atoms with van der Waals surface area (Å²) in [6, 6.07) is 7.97. The van der Waals surface area contributed by atoms with E-state index in [-0.39, 0.29) is 5.91 Å². The van der Waals surface area contributed by atoms with Gasteiger partial charge in [0.25, 0.3) is 5.91 Å². The molecule has 22 heavy (non-hydrogen) atoms. The van der Waals surface area contributed by atoms with Crippen molar-refractivity contribution < 1.29 is 9.53 Å². The van der Waals surface area contributed by atoms with Crippen LogP contribution in [-0.2, 0) is 11.2 Å². The van der Waals surface area contributed by atoms with E-state index in [9.17, 15) is 4.79 Å². The summed E-state index contributed by atoms with van der Waals surface area (Å²) in [5.74, 6) is 0.665. The number of rotatable bonds is 7. The van der Waals surface area contributed by atoms with Gasteiger partial charge in [-0.05, 0) is 43.0 Å². The van der Waals surface area contributed by atoms with Crippen molar-refractivity contribution in [2.24, 2.45) is 5.92 Å². The van der Waals surface area contributed by atoms with Crippen molar-refractivity contribution in [2.45, 2.75) is 26.7 Å². The predicted octanol–water partition coefficient (Wildman–Crippen LogP) is 2.34. The molecule has 1 amide bonds. The lowest BCUT2D eigenvalue weighted by Gasteiger charge is -2.26. The first-order valence-corrected chi connectivity index (χ1v) is 8.32. The molecule has 1 saturated heterocycles. The first kappa shape index (κ1) is 17.0. The number of carbonyl (C=O) groups excluding carboxylic acids is 1. The molecule has 1 fully saturated rings. The molecule has 4 heteroatoms. The van der Waals surface area contributed by atoms with Crippen LogP contribution in [0.25, 0.3) is 0 Å². The van der Waals surface area contributed by atoms with Crippen LogP contribution in [0, 0.1) is 5.92 Å². The second kappa shape index (κ2) is 8.91. The molecule has 0 spiro atoms. The Hall–Kier alpha value is -1.39. The van der Waals surface area contributed by atoms with Gasteiger partial charge in [0.15, 0.2) is 0 Å². The van der Waals surface area contributed by atoms with Crippen LogP contribution < -0.4 is 5.32 Å². The maximum absolute atomic E-state index is 12.1. The number of ether oxygens (including phenoxy) is 1. The molecule has 1 N–H and O–H groups in total. The molecule has 1 heterocycles. The average molecular weight is 304 g/mol. The Kier molecular flexibility index (Phi) is 6.87. The number of amides is 1. The molecule has 0 aliphatic carbocycles. The summed E-state index contributed by atoms with van der Waals surface area (Å²) in [7, 11) is 0. The molecule has 0 atom stereocenters. The topological polar surface area (TPSA) is 41.6 Å². The Labute approximate surface area is 133 Å². The van der Waals surface area contributed by atoms with Crippen molar-refractivity contribution in [1.29, 1.82) is 0 Å². The molecule has 4 nitrogen and oxygen atoms in total. The SMILES string of the molecule is CC(C)Cc1ccc(C(=O)NCCCN2CCOCC2)cc1. The zero-order chi connectivity index (χ0) is 15.8. The highest BCUT2D eigenvalue weighted by Crippen LogP contribution is 2.09.